The standard InChI is InChI=1S/C53H45N5O5S2/c1-33(2)63-45-19-17-44(18-20-45)58(42-13-7-36(8-14-42)50-25-23-46(64-50)21-11-38-31-56(5)48(34(38)3)27-40(29-54)52(59)60)43-15-9-37(10-16-43)51-26-24-47(65-51)22-12-39-32-57(6)49(35(39)4)28-41(30-55)53(61)62/h7-28,31-33H,1-6H3,(H,59,60)(H,61,62). The second-order valence-corrected chi connectivity index (χ2v) is 17.8. The van der Waals surface area contributed by atoms with Crippen molar-refractivity contribution < 1.29 is 24.5 Å². The van der Waals surface area contributed by atoms with Crippen LogP contribution in [0.15, 0.2) is 121 Å². The summed E-state index contributed by atoms with van der Waals surface area (Å²) in [6.45, 7) is 7.85. The first-order chi connectivity index (χ1) is 31.2. The van der Waals surface area contributed by atoms with Crippen molar-refractivity contribution in [3.63, 3.8) is 0 Å². The number of carboxylic acids is 2. The first-order valence-electron chi connectivity index (χ1n) is 20.6. The van der Waals surface area contributed by atoms with E-state index in [1.165, 1.54) is 12.2 Å². The summed E-state index contributed by atoms with van der Waals surface area (Å²) in [4.78, 5) is 29.4. The van der Waals surface area contributed by atoms with Crippen molar-refractivity contribution in [2.24, 2.45) is 14.1 Å². The number of nitrogens with zero attached hydrogens (tertiary/aromatic N) is 5. The molecule has 65 heavy (non-hydrogen) atoms. The summed E-state index contributed by atoms with van der Waals surface area (Å²) in [5, 5.41) is 37.2. The summed E-state index contributed by atoms with van der Waals surface area (Å²) >= 11 is 3.35. The van der Waals surface area contributed by atoms with E-state index in [2.05, 4.69) is 89.8 Å². The van der Waals surface area contributed by atoms with Gasteiger partial charge in [0, 0.05) is 74.4 Å². The molecule has 0 fully saturated rings. The number of thiophene rings is 2. The van der Waals surface area contributed by atoms with E-state index in [1.807, 2.05) is 99.8 Å². The van der Waals surface area contributed by atoms with Crippen molar-refractivity contribution in [3.8, 4) is 38.8 Å². The van der Waals surface area contributed by atoms with Crippen molar-refractivity contribution in [2.45, 2.75) is 33.8 Å². The largest absolute Gasteiger partial charge is 0.491 e. The van der Waals surface area contributed by atoms with Crippen LogP contribution in [-0.4, -0.2) is 37.4 Å². The van der Waals surface area contributed by atoms with Crippen LogP contribution in [-0.2, 0) is 23.7 Å². The molecule has 0 radical (unpaired) electrons. The van der Waals surface area contributed by atoms with Gasteiger partial charge in [-0.25, -0.2) is 9.59 Å². The number of hydrogen-bond donors (Lipinski definition) is 2. The highest BCUT2D eigenvalue weighted by Gasteiger charge is 2.16. The molecule has 10 nitrogen and oxygen atoms in total. The molecular weight excluding hydrogens is 851 g/mol. The van der Waals surface area contributed by atoms with Gasteiger partial charge >= 0.3 is 11.9 Å². The van der Waals surface area contributed by atoms with Crippen LogP contribution in [0.3, 0.4) is 0 Å². The van der Waals surface area contributed by atoms with E-state index in [9.17, 15) is 30.3 Å². The van der Waals surface area contributed by atoms with Gasteiger partial charge in [-0.3, -0.25) is 0 Å². The van der Waals surface area contributed by atoms with Crippen LogP contribution >= 0.6 is 22.7 Å². The molecule has 3 aromatic carbocycles. The Bertz CT molecular complexity index is 2920. The molecule has 0 saturated carbocycles. The summed E-state index contributed by atoms with van der Waals surface area (Å²) in [6.07, 6.45) is 14.8. The number of hydrogen-bond acceptors (Lipinski definition) is 8. The number of aliphatic carboxylic acids is 2. The van der Waals surface area contributed by atoms with Crippen molar-refractivity contribution >= 4 is 88.1 Å². The third-order valence-corrected chi connectivity index (χ3v) is 12.9. The minimum atomic E-state index is -1.25. The van der Waals surface area contributed by atoms with Gasteiger partial charge in [0.25, 0.3) is 0 Å². The van der Waals surface area contributed by atoms with Crippen LogP contribution in [0.5, 0.6) is 5.75 Å². The van der Waals surface area contributed by atoms with Crippen LogP contribution < -0.4 is 9.64 Å². The van der Waals surface area contributed by atoms with Crippen LogP contribution in [0, 0.1) is 36.5 Å². The Hall–Kier alpha value is -7.90. The van der Waals surface area contributed by atoms with Crippen molar-refractivity contribution in [1.82, 2.24) is 9.13 Å². The lowest BCUT2D eigenvalue weighted by Gasteiger charge is -2.26. The van der Waals surface area contributed by atoms with Crippen molar-refractivity contribution in [1.29, 1.82) is 10.5 Å². The van der Waals surface area contributed by atoms with E-state index in [0.29, 0.717) is 11.4 Å². The minimum Gasteiger partial charge on any atom is -0.491 e. The Morgan fingerprint density at radius 1 is 0.615 bits per heavy atom. The molecule has 0 bridgehead atoms. The number of carboxylic acid groups (broad SMARTS) is 2. The monoisotopic (exact) mass is 895 g/mol. The van der Waals surface area contributed by atoms with E-state index in [0.717, 1.165) is 75.7 Å². The van der Waals surface area contributed by atoms with Gasteiger partial charge in [0.15, 0.2) is 0 Å². The average Bonchev–Trinajstić information content (AvgIpc) is 4.08. The third-order valence-electron chi connectivity index (χ3n) is 10.7. The molecule has 0 amide bonds. The van der Waals surface area contributed by atoms with E-state index in [1.54, 1.807) is 34.8 Å². The molecule has 2 N–H and O–H groups in total. The quantitative estimate of drug-likeness (QED) is 0.0764. The van der Waals surface area contributed by atoms with E-state index >= 15 is 0 Å². The zero-order valence-electron chi connectivity index (χ0n) is 36.6. The van der Waals surface area contributed by atoms with E-state index < -0.39 is 11.9 Å². The maximum absolute atomic E-state index is 11.4. The summed E-state index contributed by atoms with van der Waals surface area (Å²) < 4.78 is 9.61. The van der Waals surface area contributed by atoms with Crippen LogP contribution in [0.4, 0.5) is 17.1 Å². The predicted octanol–water partition coefficient (Wildman–Crippen LogP) is 13.0. The lowest BCUT2D eigenvalue weighted by molar-refractivity contribution is -0.133. The number of aromatic nitrogens is 2. The van der Waals surface area contributed by atoms with Gasteiger partial charge < -0.3 is 29.0 Å². The fourth-order valence-electron chi connectivity index (χ4n) is 7.37. The van der Waals surface area contributed by atoms with Gasteiger partial charge in [-0.2, -0.15) is 10.5 Å². The number of ether oxygens (including phenoxy) is 1. The average molecular weight is 896 g/mol. The molecule has 0 aliphatic rings. The second-order valence-electron chi connectivity index (χ2n) is 15.5. The number of anilines is 3. The normalized spacial score (nSPS) is 12.0. The van der Waals surface area contributed by atoms with Crippen LogP contribution in [0.1, 0.15) is 57.2 Å². The highest BCUT2D eigenvalue weighted by atomic mass is 32.1. The Labute approximate surface area is 386 Å². The first kappa shape index (κ1) is 45.1. The molecule has 324 valence electrons. The lowest BCUT2D eigenvalue weighted by atomic mass is 10.1. The summed E-state index contributed by atoms with van der Waals surface area (Å²) in [6, 6.07) is 37.1. The Morgan fingerprint density at radius 3 is 1.35 bits per heavy atom. The third kappa shape index (κ3) is 10.3. The number of rotatable bonds is 15. The van der Waals surface area contributed by atoms with Crippen molar-refractivity contribution in [2.75, 3.05) is 4.90 Å². The Morgan fingerprint density at radius 2 is 1.00 bits per heavy atom. The lowest BCUT2D eigenvalue weighted by Crippen LogP contribution is -2.10. The molecule has 0 atom stereocenters. The van der Waals surface area contributed by atoms with Crippen LogP contribution in [0.2, 0.25) is 0 Å². The number of carbonyl (C=O) groups is 2. The number of nitriles is 2. The van der Waals surface area contributed by atoms with Gasteiger partial charge in [0.05, 0.1) is 6.10 Å². The first-order valence-corrected chi connectivity index (χ1v) is 22.2. The van der Waals surface area contributed by atoms with Gasteiger partial charge in [0.2, 0.25) is 0 Å². The number of aryl methyl sites for hydroxylation is 2. The molecule has 0 spiro atoms. The summed E-state index contributed by atoms with van der Waals surface area (Å²) in [7, 11) is 3.67. The maximum Gasteiger partial charge on any atom is 0.346 e. The summed E-state index contributed by atoms with van der Waals surface area (Å²) in [5.41, 5.74) is 9.51. The molecule has 12 heteroatoms. The molecule has 0 saturated heterocycles. The van der Waals surface area contributed by atoms with Crippen molar-refractivity contribution in [3.05, 3.63) is 164 Å². The molecule has 7 rings (SSSR count). The fourth-order valence-corrected chi connectivity index (χ4v) is 9.20. The topological polar surface area (TPSA) is 145 Å². The second kappa shape index (κ2) is 19.7. The smallest absolute Gasteiger partial charge is 0.346 e. The molecule has 7 aromatic rings. The van der Waals surface area contributed by atoms with E-state index in [4.69, 9.17) is 4.74 Å². The van der Waals surface area contributed by atoms with Gasteiger partial charge in [0.1, 0.15) is 29.0 Å². The Kier molecular flexibility index (Phi) is 13.6. The highest BCUT2D eigenvalue weighted by Crippen LogP contribution is 2.39. The molecule has 4 heterocycles. The maximum atomic E-state index is 11.4. The van der Waals surface area contributed by atoms with Gasteiger partial charge in [-0.1, -0.05) is 36.4 Å². The fraction of sp³-hybridized carbons (Fsp3) is 0.132. The zero-order chi connectivity index (χ0) is 46.4. The molecular formula is C53H45N5O5S2. The van der Waals surface area contributed by atoms with Gasteiger partial charge in [-0.05, 0) is 158 Å². The number of benzene rings is 3. The van der Waals surface area contributed by atoms with E-state index in [-0.39, 0.29) is 17.3 Å². The minimum absolute atomic E-state index is 0.0577. The molecule has 0 unspecified atom stereocenters. The predicted molar refractivity (Wildman–Crippen MR) is 264 cm³/mol. The molecule has 0 aliphatic heterocycles. The zero-order valence-corrected chi connectivity index (χ0v) is 38.2. The highest BCUT2D eigenvalue weighted by molar-refractivity contribution is 7.16. The molecule has 0 aliphatic carbocycles. The van der Waals surface area contributed by atoms with Crippen LogP contribution in [0.25, 0.3) is 57.3 Å². The Balaban J connectivity index is 1.11. The summed E-state index contributed by atoms with van der Waals surface area (Å²) in [5.74, 6) is -1.70. The molecule has 4 aromatic heterocycles. The van der Waals surface area contributed by atoms with Gasteiger partial charge in [-0.15, -0.1) is 22.7 Å². The SMILES string of the molecule is Cc1c(C=Cc2ccc(-c3ccc(N(c4ccc(OC(C)C)cc4)c4ccc(-c5ccc(C=Cc6cn(C)c(C=C(C#N)C(=O)O)c6C)s5)cc4)cc3)s2)cn(C)c1C=C(C#N)C(=O)O.